The number of benzene rings is 1. The first-order chi connectivity index (χ1) is 9.70. The van der Waals surface area contributed by atoms with Gasteiger partial charge in [0, 0.05) is 19.2 Å². The highest BCUT2D eigenvalue weighted by Gasteiger charge is 2.24. The van der Waals surface area contributed by atoms with E-state index in [0.29, 0.717) is 11.5 Å². The van der Waals surface area contributed by atoms with Crippen molar-refractivity contribution in [1.29, 1.82) is 0 Å². The Balaban J connectivity index is 2.33. The zero-order chi connectivity index (χ0) is 15.8. The van der Waals surface area contributed by atoms with Crippen molar-refractivity contribution >= 4 is 15.9 Å². The largest absolute Gasteiger partial charge is 0.341 e. The topological polar surface area (TPSA) is 80.5 Å². The molecule has 2 rings (SSSR count). The Labute approximate surface area is 126 Å². The Bertz CT molecular complexity index is 664. The lowest BCUT2D eigenvalue weighted by Gasteiger charge is -2.30. The minimum atomic E-state index is -3.81. The van der Waals surface area contributed by atoms with Gasteiger partial charge in [-0.05, 0) is 55.9 Å². The summed E-state index contributed by atoms with van der Waals surface area (Å²) in [4.78, 5) is 14.2. The zero-order valence-corrected chi connectivity index (χ0v) is 13.5. The van der Waals surface area contributed by atoms with Crippen LogP contribution in [-0.2, 0) is 10.0 Å². The lowest BCUT2D eigenvalue weighted by molar-refractivity contribution is 0.0744. The first-order valence-electron chi connectivity index (χ1n) is 7.09. The Kier molecular flexibility index (Phi) is 4.39. The summed E-state index contributed by atoms with van der Waals surface area (Å²) in [5.41, 5.74) is 1.97. The van der Waals surface area contributed by atoms with Crippen molar-refractivity contribution in [2.24, 2.45) is 11.1 Å². The summed E-state index contributed by atoms with van der Waals surface area (Å²) in [7, 11) is -2.05. The van der Waals surface area contributed by atoms with Crippen molar-refractivity contribution in [3.05, 3.63) is 28.8 Å². The summed E-state index contributed by atoms with van der Waals surface area (Å²) in [6.07, 6.45) is 3.55. The summed E-state index contributed by atoms with van der Waals surface area (Å²) < 4.78 is 23.1. The molecule has 1 amide bonds. The van der Waals surface area contributed by atoms with Gasteiger partial charge in [0.1, 0.15) is 0 Å². The second kappa shape index (κ2) is 5.77. The summed E-state index contributed by atoms with van der Waals surface area (Å²) in [5, 5.41) is 5.18. The molecule has 1 aromatic carbocycles. The Hall–Kier alpha value is -1.40. The van der Waals surface area contributed by atoms with Crippen LogP contribution in [0, 0.1) is 19.8 Å². The van der Waals surface area contributed by atoms with E-state index in [9.17, 15) is 13.2 Å². The van der Waals surface area contributed by atoms with Crippen LogP contribution in [0.15, 0.2) is 17.0 Å². The van der Waals surface area contributed by atoms with Gasteiger partial charge in [-0.1, -0.05) is 6.42 Å². The van der Waals surface area contributed by atoms with Gasteiger partial charge in [0.15, 0.2) is 0 Å². The number of carbonyl (C=O) groups is 1. The van der Waals surface area contributed by atoms with E-state index in [1.165, 1.54) is 18.6 Å². The van der Waals surface area contributed by atoms with Crippen molar-refractivity contribution < 1.29 is 13.2 Å². The van der Waals surface area contributed by atoms with Gasteiger partial charge in [-0.2, -0.15) is 0 Å². The monoisotopic (exact) mass is 310 g/mol. The molecule has 0 unspecified atom stereocenters. The van der Waals surface area contributed by atoms with Crippen molar-refractivity contribution in [2.75, 3.05) is 13.6 Å². The molecule has 2 N–H and O–H groups in total. The number of rotatable bonds is 4. The standard InChI is InChI=1S/C15H22N2O3S/c1-10-7-13(21(16,19)20)8-14(11(10)2)15(18)17(3)9-12-5-4-6-12/h7-8,12H,4-6,9H2,1-3H3,(H2,16,19,20). The predicted octanol–water partition coefficient (Wildman–Crippen LogP) is 1.82. The zero-order valence-electron chi connectivity index (χ0n) is 12.7. The Morgan fingerprint density at radius 3 is 2.43 bits per heavy atom. The van der Waals surface area contributed by atoms with Gasteiger partial charge in [0.2, 0.25) is 10.0 Å². The number of nitrogens with two attached hydrogens (primary N) is 1. The molecule has 116 valence electrons. The molecule has 1 saturated carbocycles. The van der Waals surface area contributed by atoms with Gasteiger partial charge in [-0.25, -0.2) is 13.6 Å². The third-order valence-corrected chi connectivity index (χ3v) is 5.20. The fourth-order valence-corrected chi connectivity index (χ4v) is 3.19. The van der Waals surface area contributed by atoms with E-state index in [1.54, 1.807) is 18.9 Å². The van der Waals surface area contributed by atoms with Crippen molar-refractivity contribution in [3.63, 3.8) is 0 Å². The van der Waals surface area contributed by atoms with E-state index in [2.05, 4.69) is 0 Å². The molecule has 0 saturated heterocycles. The van der Waals surface area contributed by atoms with Gasteiger partial charge >= 0.3 is 0 Å². The van der Waals surface area contributed by atoms with Crippen LogP contribution in [0.4, 0.5) is 0 Å². The summed E-state index contributed by atoms with van der Waals surface area (Å²) in [5.74, 6) is 0.426. The first kappa shape index (κ1) is 16.0. The predicted molar refractivity (Wildman–Crippen MR) is 81.6 cm³/mol. The average molecular weight is 310 g/mol. The number of primary sulfonamides is 1. The molecule has 0 spiro atoms. The second-order valence-corrected chi connectivity index (χ2v) is 7.50. The molecule has 1 fully saturated rings. The first-order valence-corrected chi connectivity index (χ1v) is 8.64. The number of aryl methyl sites for hydroxylation is 1. The molecule has 1 aliphatic rings. The average Bonchev–Trinajstić information content (AvgIpc) is 2.34. The summed E-state index contributed by atoms with van der Waals surface area (Å²) in [6, 6.07) is 2.89. The molecule has 0 aliphatic heterocycles. The van der Waals surface area contributed by atoms with E-state index >= 15 is 0 Å². The molecule has 0 bridgehead atoms. The molecule has 21 heavy (non-hydrogen) atoms. The lowest BCUT2D eigenvalue weighted by Crippen LogP contribution is -2.34. The molecule has 0 aromatic heterocycles. The molecule has 0 radical (unpaired) electrons. The lowest BCUT2D eigenvalue weighted by atomic mass is 9.85. The second-order valence-electron chi connectivity index (χ2n) is 5.94. The third kappa shape index (κ3) is 3.44. The molecule has 6 heteroatoms. The maximum Gasteiger partial charge on any atom is 0.253 e. The number of carbonyl (C=O) groups excluding carboxylic acids is 1. The highest BCUT2D eigenvalue weighted by Crippen LogP contribution is 2.28. The van der Waals surface area contributed by atoms with Gasteiger partial charge in [0.05, 0.1) is 4.90 Å². The van der Waals surface area contributed by atoms with Gasteiger partial charge < -0.3 is 4.90 Å². The van der Waals surface area contributed by atoms with Crippen molar-refractivity contribution in [2.45, 2.75) is 38.0 Å². The van der Waals surface area contributed by atoms with Crippen LogP contribution in [0.3, 0.4) is 0 Å². The minimum absolute atomic E-state index is 0.00834. The van der Waals surface area contributed by atoms with Crippen LogP contribution in [0.25, 0.3) is 0 Å². The number of sulfonamides is 1. The van der Waals surface area contributed by atoms with Crippen molar-refractivity contribution in [3.8, 4) is 0 Å². The fourth-order valence-electron chi connectivity index (χ4n) is 2.56. The maximum absolute atomic E-state index is 12.6. The molecule has 1 aromatic rings. The van der Waals surface area contributed by atoms with E-state index in [-0.39, 0.29) is 10.8 Å². The number of amides is 1. The summed E-state index contributed by atoms with van der Waals surface area (Å²) in [6.45, 7) is 4.33. The van der Waals surface area contributed by atoms with Crippen LogP contribution in [0.1, 0.15) is 40.7 Å². The van der Waals surface area contributed by atoms with Gasteiger partial charge in [0.25, 0.3) is 5.91 Å². The number of nitrogens with zero attached hydrogens (tertiary/aromatic N) is 1. The molecular weight excluding hydrogens is 288 g/mol. The molecular formula is C15H22N2O3S. The Morgan fingerprint density at radius 2 is 1.95 bits per heavy atom. The van der Waals surface area contributed by atoms with Crippen LogP contribution in [-0.4, -0.2) is 32.8 Å². The number of hydrogen-bond acceptors (Lipinski definition) is 3. The SMILES string of the molecule is Cc1cc(S(N)(=O)=O)cc(C(=O)N(C)CC2CCC2)c1C. The Morgan fingerprint density at radius 1 is 1.33 bits per heavy atom. The van der Waals surface area contributed by atoms with Gasteiger partial charge in [-0.15, -0.1) is 0 Å². The van der Waals surface area contributed by atoms with E-state index < -0.39 is 10.0 Å². The molecule has 1 aliphatic carbocycles. The number of hydrogen-bond donors (Lipinski definition) is 1. The molecule has 5 nitrogen and oxygen atoms in total. The van der Waals surface area contributed by atoms with E-state index in [4.69, 9.17) is 5.14 Å². The van der Waals surface area contributed by atoms with Crippen LogP contribution in [0.2, 0.25) is 0 Å². The van der Waals surface area contributed by atoms with Crippen molar-refractivity contribution in [1.82, 2.24) is 4.90 Å². The highest BCUT2D eigenvalue weighted by molar-refractivity contribution is 7.89. The molecule has 0 atom stereocenters. The highest BCUT2D eigenvalue weighted by atomic mass is 32.2. The van der Waals surface area contributed by atoms with Crippen LogP contribution >= 0.6 is 0 Å². The van der Waals surface area contributed by atoms with E-state index in [0.717, 1.165) is 30.5 Å². The minimum Gasteiger partial charge on any atom is -0.341 e. The smallest absolute Gasteiger partial charge is 0.253 e. The van der Waals surface area contributed by atoms with E-state index in [1.807, 2.05) is 6.92 Å². The third-order valence-electron chi connectivity index (χ3n) is 4.30. The summed E-state index contributed by atoms with van der Waals surface area (Å²) >= 11 is 0. The van der Waals surface area contributed by atoms with Gasteiger partial charge in [-0.3, -0.25) is 4.79 Å². The normalized spacial score (nSPS) is 15.6. The quantitative estimate of drug-likeness (QED) is 0.921. The van der Waals surface area contributed by atoms with Crippen LogP contribution < -0.4 is 5.14 Å². The van der Waals surface area contributed by atoms with Crippen LogP contribution in [0.5, 0.6) is 0 Å². The molecule has 0 heterocycles. The fraction of sp³-hybridized carbons (Fsp3) is 0.533. The maximum atomic E-state index is 12.6.